The van der Waals surface area contributed by atoms with Crippen LogP contribution in [0.4, 0.5) is 5.69 Å². The quantitative estimate of drug-likeness (QED) is 0.498. The smallest absolute Gasteiger partial charge is 0.290 e. The molecule has 1 heterocycles. The predicted molar refractivity (Wildman–Crippen MR) is 128 cm³/mol. The summed E-state index contributed by atoms with van der Waals surface area (Å²) in [4.78, 5) is 34.0. The first-order chi connectivity index (χ1) is 15.9. The van der Waals surface area contributed by atoms with E-state index >= 15 is 0 Å². The predicted octanol–water partition coefficient (Wildman–Crippen LogP) is 4.96. The van der Waals surface area contributed by atoms with Gasteiger partial charge in [-0.15, -0.1) is 0 Å². The molecule has 0 bridgehead atoms. The normalized spacial score (nSPS) is 13.3. The van der Waals surface area contributed by atoms with Gasteiger partial charge in [-0.2, -0.15) is 0 Å². The highest BCUT2D eigenvalue weighted by molar-refractivity contribution is 6.30. The first-order valence-electron chi connectivity index (χ1n) is 10.4. The SMILES string of the molecule is COc1cn(C(C)C(=O)Nc2ccccc2)c(=O)cc1-c1cc(Cl)ccc1C1CC1.O=CO. The summed E-state index contributed by atoms with van der Waals surface area (Å²) < 4.78 is 6.99. The topological polar surface area (TPSA) is 97.6 Å². The van der Waals surface area contributed by atoms with Gasteiger partial charge in [-0.3, -0.25) is 19.0 Å². The summed E-state index contributed by atoms with van der Waals surface area (Å²) in [6.07, 6.45) is 3.86. The number of carbonyl (C=O) groups is 2. The molecule has 1 aliphatic carbocycles. The second-order valence-electron chi connectivity index (χ2n) is 7.64. The molecule has 1 fully saturated rings. The van der Waals surface area contributed by atoms with Gasteiger partial charge in [-0.05, 0) is 61.1 Å². The number of pyridine rings is 1. The molecule has 4 rings (SSSR count). The van der Waals surface area contributed by atoms with Gasteiger partial charge in [0.1, 0.15) is 11.8 Å². The number of carbonyl (C=O) groups excluding carboxylic acids is 1. The Morgan fingerprint density at radius 2 is 1.85 bits per heavy atom. The van der Waals surface area contributed by atoms with Crippen molar-refractivity contribution in [3.8, 4) is 16.9 Å². The Bertz CT molecular complexity index is 1190. The number of halogens is 1. The second kappa shape index (κ2) is 10.8. The van der Waals surface area contributed by atoms with Gasteiger partial charge in [-0.1, -0.05) is 35.9 Å². The highest BCUT2D eigenvalue weighted by atomic mass is 35.5. The molecule has 3 aromatic rings. The largest absolute Gasteiger partial charge is 0.495 e. The summed E-state index contributed by atoms with van der Waals surface area (Å²) in [5, 5.41) is 10.3. The highest BCUT2D eigenvalue weighted by Crippen LogP contribution is 2.46. The molecule has 2 aromatic carbocycles. The number of nitrogens with zero attached hydrogens (tertiary/aromatic N) is 1. The Labute approximate surface area is 196 Å². The van der Waals surface area contributed by atoms with E-state index in [0.29, 0.717) is 27.9 Å². The number of nitrogens with one attached hydrogen (secondary N) is 1. The number of anilines is 1. The number of amides is 1. The van der Waals surface area contributed by atoms with Crippen molar-refractivity contribution in [2.75, 3.05) is 12.4 Å². The monoisotopic (exact) mass is 468 g/mol. The van der Waals surface area contributed by atoms with E-state index in [2.05, 4.69) is 5.32 Å². The van der Waals surface area contributed by atoms with Crippen molar-refractivity contribution >= 4 is 29.7 Å². The minimum atomic E-state index is -0.706. The molecule has 1 unspecified atom stereocenters. The van der Waals surface area contributed by atoms with Gasteiger partial charge >= 0.3 is 0 Å². The number of para-hydroxylation sites is 1. The average Bonchev–Trinajstić information content (AvgIpc) is 3.65. The molecule has 1 aliphatic rings. The lowest BCUT2D eigenvalue weighted by Gasteiger charge is -2.19. The number of rotatable bonds is 6. The van der Waals surface area contributed by atoms with Crippen molar-refractivity contribution in [1.82, 2.24) is 4.57 Å². The standard InChI is InChI=1S/C24H23ClN2O3.CH2O2/c1-15(24(29)26-18-6-4-3-5-7-18)27-14-22(30-2)21(13-23(27)28)20-12-17(25)10-11-19(20)16-8-9-16;2-1-3/h3-7,10-16H,8-9H2,1-2H3,(H,26,29);1H,(H,2,3). The van der Waals surface area contributed by atoms with Crippen LogP contribution in [0.3, 0.4) is 0 Å². The zero-order valence-corrected chi connectivity index (χ0v) is 19.1. The lowest BCUT2D eigenvalue weighted by atomic mass is 9.96. The molecule has 1 atom stereocenters. The summed E-state index contributed by atoms with van der Waals surface area (Å²) in [5.74, 6) is 0.734. The van der Waals surface area contributed by atoms with Gasteiger partial charge in [0.05, 0.1) is 13.3 Å². The Balaban J connectivity index is 0.000000968. The first kappa shape index (κ1) is 24.1. The molecular weight excluding hydrogens is 444 g/mol. The number of ether oxygens (including phenoxy) is 1. The molecule has 8 heteroatoms. The molecule has 1 amide bonds. The zero-order chi connectivity index (χ0) is 24.0. The molecule has 0 saturated heterocycles. The lowest BCUT2D eigenvalue weighted by Crippen LogP contribution is -2.31. The molecule has 0 radical (unpaired) electrons. The minimum absolute atomic E-state index is 0.250. The maximum absolute atomic E-state index is 13.0. The van der Waals surface area contributed by atoms with Crippen molar-refractivity contribution in [3.05, 3.63) is 81.7 Å². The van der Waals surface area contributed by atoms with Crippen LogP contribution in [-0.2, 0) is 9.59 Å². The van der Waals surface area contributed by atoms with Crippen molar-refractivity contribution in [2.24, 2.45) is 0 Å². The Morgan fingerprint density at radius 3 is 2.45 bits per heavy atom. The van der Waals surface area contributed by atoms with E-state index < -0.39 is 6.04 Å². The highest BCUT2D eigenvalue weighted by Gasteiger charge is 2.28. The Hall–Kier alpha value is -3.58. The van der Waals surface area contributed by atoms with Crippen LogP contribution in [0.5, 0.6) is 5.75 Å². The molecule has 1 aromatic heterocycles. The molecule has 0 spiro atoms. The third-order valence-electron chi connectivity index (χ3n) is 5.42. The molecule has 172 valence electrons. The third kappa shape index (κ3) is 5.81. The van der Waals surface area contributed by atoms with E-state index in [4.69, 9.17) is 26.2 Å². The van der Waals surface area contributed by atoms with Crippen LogP contribution in [0.15, 0.2) is 65.6 Å². The summed E-state index contributed by atoms with van der Waals surface area (Å²) >= 11 is 6.25. The van der Waals surface area contributed by atoms with E-state index in [0.717, 1.165) is 18.4 Å². The first-order valence-corrected chi connectivity index (χ1v) is 10.8. The number of benzene rings is 2. The van der Waals surface area contributed by atoms with Gasteiger partial charge in [0.2, 0.25) is 5.91 Å². The van der Waals surface area contributed by atoms with E-state index in [-0.39, 0.29) is 17.9 Å². The van der Waals surface area contributed by atoms with Crippen molar-refractivity contribution < 1.29 is 19.4 Å². The number of aromatic nitrogens is 1. The van der Waals surface area contributed by atoms with Crippen molar-refractivity contribution in [1.29, 1.82) is 0 Å². The fourth-order valence-electron chi connectivity index (χ4n) is 3.61. The van der Waals surface area contributed by atoms with Crippen LogP contribution in [-0.4, -0.2) is 29.2 Å². The van der Waals surface area contributed by atoms with Crippen LogP contribution in [0, 0.1) is 0 Å². The Morgan fingerprint density at radius 1 is 1.18 bits per heavy atom. The fourth-order valence-corrected chi connectivity index (χ4v) is 3.78. The van der Waals surface area contributed by atoms with Gasteiger partial charge < -0.3 is 15.2 Å². The van der Waals surface area contributed by atoms with E-state index in [9.17, 15) is 9.59 Å². The number of methoxy groups -OCH3 is 1. The van der Waals surface area contributed by atoms with E-state index in [1.165, 1.54) is 16.2 Å². The fraction of sp³-hybridized carbons (Fsp3) is 0.240. The molecule has 33 heavy (non-hydrogen) atoms. The summed E-state index contributed by atoms with van der Waals surface area (Å²) in [6, 6.07) is 15.8. The molecule has 0 aliphatic heterocycles. The van der Waals surface area contributed by atoms with E-state index in [1.807, 2.05) is 36.4 Å². The lowest BCUT2D eigenvalue weighted by molar-refractivity contribution is -0.123. The van der Waals surface area contributed by atoms with E-state index in [1.54, 1.807) is 32.4 Å². The van der Waals surface area contributed by atoms with Crippen LogP contribution in [0.25, 0.3) is 11.1 Å². The second-order valence-corrected chi connectivity index (χ2v) is 8.08. The Kier molecular flexibility index (Phi) is 7.90. The molecule has 7 nitrogen and oxygen atoms in total. The zero-order valence-electron chi connectivity index (χ0n) is 18.3. The van der Waals surface area contributed by atoms with Crippen molar-refractivity contribution in [2.45, 2.75) is 31.7 Å². The van der Waals surface area contributed by atoms with Gasteiger partial charge in [-0.25, -0.2) is 0 Å². The van der Waals surface area contributed by atoms with Gasteiger partial charge in [0, 0.05) is 22.3 Å². The van der Waals surface area contributed by atoms with Gasteiger partial charge in [0.15, 0.2) is 0 Å². The third-order valence-corrected chi connectivity index (χ3v) is 5.66. The minimum Gasteiger partial charge on any atom is -0.495 e. The number of hydrogen-bond donors (Lipinski definition) is 2. The maximum atomic E-state index is 13.0. The maximum Gasteiger partial charge on any atom is 0.290 e. The number of hydrogen-bond acceptors (Lipinski definition) is 4. The average molecular weight is 469 g/mol. The van der Waals surface area contributed by atoms with Crippen LogP contribution < -0.4 is 15.6 Å². The number of carboxylic acid groups (broad SMARTS) is 1. The van der Waals surface area contributed by atoms with Crippen LogP contribution in [0.1, 0.15) is 37.3 Å². The van der Waals surface area contributed by atoms with Gasteiger partial charge in [0.25, 0.3) is 12.0 Å². The molecule has 2 N–H and O–H groups in total. The summed E-state index contributed by atoms with van der Waals surface area (Å²) in [6.45, 7) is 1.44. The summed E-state index contributed by atoms with van der Waals surface area (Å²) in [5.41, 5.74) is 3.18. The van der Waals surface area contributed by atoms with Crippen molar-refractivity contribution in [3.63, 3.8) is 0 Å². The molecular formula is C25H25ClN2O5. The van der Waals surface area contributed by atoms with Crippen LogP contribution in [0.2, 0.25) is 5.02 Å². The summed E-state index contributed by atoms with van der Waals surface area (Å²) in [7, 11) is 1.56. The molecule has 1 saturated carbocycles. The van der Waals surface area contributed by atoms with Crippen LogP contribution >= 0.6 is 11.6 Å².